The maximum atomic E-state index is 11.5. The van der Waals surface area contributed by atoms with E-state index in [9.17, 15) is 15.1 Å². The first kappa shape index (κ1) is 20.6. The van der Waals surface area contributed by atoms with E-state index in [0.29, 0.717) is 50.9 Å². The summed E-state index contributed by atoms with van der Waals surface area (Å²) < 4.78 is 5.38. The third kappa shape index (κ3) is 4.40. The molecule has 1 saturated heterocycles. The number of ether oxygens (including phenoxy) is 1. The Labute approximate surface area is 175 Å². The van der Waals surface area contributed by atoms with Gasteiger partial charge in [0.2, 0.25) is 0 Å². The molecule has 9 nitrogen and oxygen atoms in total. The van der Waals surface area contributed by atoms with Crippen molar-refractivity contribution in [1.82, 2.24) is 9.79 Å². The van der Waals surface area contributed by atoms with Gasteiger partial charge in [-0.2, -0.15) is 0 Å². The van der Waals surface area contributed by atoms with E-state index in [2.05, 4.69) is 21.3 Å². The van der Waals surface area contributed by atoms with Crippen LogP contribution in [0.4, 0.5) is 17.2 Å². The van der Waals surface area contributed by atoms with Crippen molar-refractivity contribution in [1.29, 1.82) is 0 Å². The van der Waals surface area contributed by atoms with Gasteiger partial charge in [-0.05, 0) is 36.5 Å². The van der Waals surface area contributed by atoms with Crippen molar-refractivity contribution in [2.75, 3.05) is 43.1 Å². The van der Waals surface area contributed by atoms with Crippen LogP contribution in [0.15, 0.2) is 30.5 Å². The van der Waals surface area contributed by atoms with Crippen LogP contribution in [-0.2, 0) is 24.2 Å². The van der Waals surface area contributed by atoms with Gasteiger partial charge >= 0.3 is 12.7 Å². The monoisotopic (exact) mass is 411 g/mol. The Hall–Kier alpha value is -2.69. The van der Waals surface area contributed by atoms with Crippen molar-refractivity contribution in [2.24, 2.45) is 0 Å². The predicted molar refractivity (Wildman–Crippen MR) is 116 cm³/mol. The van der Waals surface area contributed by atoms with Gasteiger partial charge in [-0.1, -0.05) is 18.2 Å². The van der Waals surface area contributed by atoms with Crippen molar-refractivity contribution in [3.8, 4) is 0 Å². The summed E-state index contributed by atoms with van der Waals surface area (Å²) in [7, 11) is -0.503. The third-order valence-corrected chi connectivity index (χ3v) is 5.80. The Morgan fingerprint density at radius 2 is 2.13 bits per heavy atom. The molecular formula is C20H26BN5O4. The highest BCUT2D eigenvalue weighted by molar-refractivity contribution is 6.45. The number of hydrogen-bond acceptors (Lipinski definition) is 8. The first-order chi connectivity index (χ1) is 14.5. The highest BCUT2D eigenvalue weighted by Crippen LogP contribution is 2.29. The molecule has 3 heterocycles. The van der Waals surface area contributed by atoms with Gasteiger partial charge in [-0.15, -0.1) is 0 Å². The zero-order valence-corrected chi connectivity index (χ0v) is 17.1. The maximum Gasteiger partial charge on any atom is 0.376 e. The van der Waals surface area contributed by atoms with Gasteiger partial charge < -0.3 is 24.8 Å². The molecule has 1 aromatic heterocycles. The highest BCUT2D eigenvalue weighted by atomic mass is 16.6. The minimum Gasteiger partial charge on any atom is -0.437 e. The van der Waals surface area contributed by atoms with Gasteiger partial charge in [0.05, 0.1) is 18.1 Å². The lowest BCUT2D eigenvalue weighted by atomic mass is 9.81. The summed E-state index contributed by atoms with van der Waals surface area (Å²) in [5, 5.41) is 24.8. The smallest absolute Gasteiger partial charge is 0.376 e. The lowest BCUT2D eigenvalue weighted by molar-refractivity contribution is -0.384. The number of nitro groups is 1. The molecule has 0 bridgehead atoms. The molecule has 1 fully saturated rings. The molecule has 10 heteroatoms. The minimum atomic E-state index is -0.503. The molecule has 0 spiro atoms. The molecule has 0 radical (unpaired) electrons. The molecule has 2 aromatic rings. The Morgan fingerprint density at radius 1 is 1.33 bits per heavy atom. The zero-order valence-electron chi connectivity index (χ0n) is 17.1. The Bertz CT molecular complexity index is 920. The largest absolute Gasteiger partial charge is 0.437 e. The van der Waals surface area contributed by atoms with Crippen LogP contribution in [-0.4, -0.2) is 59.6 Å². The van der Waals surface area contributed by atoms with Crippen molar-refractivity contribution < 1.29 is 14.7 Å². The standard InChI is InChI=1S/C20H26BN5O4/c1-21(27)25-6-5-15-3-2-4-16(17(15)14-25)12-22-18-11-20(23-13-19(18)26(28)29)24-7-9-30-10-8-24/h2-4,11,13,27H,5-10,12,14H2,1H3,(H,22,23). The van der Waals surface area contributed by atoms with Crippen molar-refractivity contribution in [3.05, 3.63) is 57.3 Å². The van der Waals surface area contributed by atoms with Crippen molar-refractivity contribution >= 4 is 24.2 Å². The molecule has 0 aliphatic carbocycles. The van der Waals surface area contributed by atoms with Gasteiger partial charge in [0, 0.05) is 32.2 Å². The van der Waals surface area contributed by atoms with Crippen LogP contribution >= 0.6 is 0 Å². The normalized spacial score (nSPS) is 16.8. The Kier molecular flexibility index (Phi) is 6.17. The summed E-state index contributed by atoms with van der Waals surface area (Å²) in [6.45, 7) is 6.40. The summed E-state index contributed by atoms with van der Waals surface area (Å²) in [6.07, 6.45) is 2.20. The molecular weight excluding hydrogens is 385 g/mol. The fraction of sp³-hybridized carbons (Fsp3) is 0.450. The van der Waals surface area contributed by atoms with E-state index in [0.717, 1.165) is 18.5 Å². The van der Waals surface area contributed by atoms with E-state index >= 15 is 0 Å². The topological polar surface area (TPSA) is 104 Å². The number of nitrogens with one attached hydrogen (secondary N) is 1. The second-order valence-electron chi connectivity index (χ2n) is 7.68. The number of nitrogens with zero attached hydrogens (tertiary/aromatic N) is 4. The molecule has 2 aliphatic rings. The first-order valence-electron chi connectivity index (χ1n) is 10.3. The van der Waals surface area contributed by atoms with E-state index in [1.807, 2.05) is 16.9 Å². The van der Waals surface area contributed by atoms with E-state index in [-0.39, 0.29) is 5.69 Å². The number of pyridine rings is 1. The number of fused-ring (bicyclic) bond motifs is 1. The summed E-state index contributed by atoms with van der Waals surface area (Å²) in [5.41, 5.74) is 3.95. The summed E-state index contributed by atoms with van der Waals surface area (Å²) in [6, 6.07) is 7.92. The number of hydrogen-bond donors (Lipinski definition) is 2. The molecule has 0 amide bonds. The molecule has 1 aromatic carbocycles. The summed E-state index contributed by atoms with van der Waals surface area (Å²) in [5.74, 6) is 0.710. The molecule has 30 heavy (non-hydrogen) atoms. The summed E-state index contributed by atoms with van der Waals surface area (Å²) >= 11 is 0. The average molecular weight is 411 g/mol. The number of morpholine rings is 1. The average Bonchev–Trinajstić information content (AvgIpc) is 2.77. The lowest BCUT2D eigenvalue weighted by Gasteiger charge is -2.31. The molecule has 2 N–H and O–H groups in total. The van der Waals surface area contributed by atoms with Gasteiger partial charge in [-0.25, -0.2) is 4.98 Å². The van der Waals surface area contributed by atoms with Gasteiger partial charge in [0.15, 0.2) is 0 Å². The van der Waals surface area contributed by atoms with E-state index in [1.165, 1.54) is 17.3 Å². The Morgan fingerprint density at radius 3 is 2.87 bits per heavy atom. The molecule has 0 unspecified atom stereocenters. The minimum absolute atomic E-state index is 0.0394. The van der Waals surface area contributed by atoms with Crippen LogP contribution in [0.3, 0.4) is 0 Å². The maximum absolute atomic E-state index is 11.5. The first-order valence-corrected chi connectivity index (χ1v) is 10.3. The van der Waals surface area contributed by atoms with Crippen LogP contribution in [0.5, 0.6) is 0 Å². The Balaban J connectivity index is 1.57. The highest BCUT2D eigenvalue weighted by Gasteiger charge is 2.24. The SMILES string of the molecule is CB(O)N1CCc2cccc(CNc3cc(N4CCOCC4)ncc3[N+](=O)[O-])c2C1. The molecule has 0 atom stereocenters. The second kappa shape index (κ2) is 8.99. The molecule has 4 rings (SSSR count). The van der Waals surface area contributed by atoms with Crippen molar-refractivity contribution in [3.63, 3.8) is 0 Å². The zero-order chi connectivity index (χ0) is 21.1. The van der Waals surface area contributed by atoms with Gasteiger partial charge in [0.25, 0.3) is 0 Å². The van der Waals surface area contributed by atoms with Crippen LogP contribution in [0.2, 0.25) is 6.82 Å². The van der Waals surface area contributed by atoms with Crippen molar-refractivity contribution in [2.45, 2.75) is 26.3 Å². The lowest BCUT2D eigenvalue weighted by Crippen LogP contribution is -2.41. The number of rotatable bonds is 6. The van der Waals surface area contributed by atoms with E-state index < -0.39 is 12.0 Å². The molecule has 158 valence electrons. The van der Waals surface area contributed by atoms with E-state index in [4.69, 9.17) is 4.74 Å². The molecule has 2 aliphatic heterocycles. The van der Waals surface area contributed by atoms with E-state index in [1.54, 1.807) is 12.9 Å². The number of aromatic nitrogens is 1. The fourth-order valence-corrected chi connectivity index (χ4v) is 4.04. The van der Waals surface area contributed by atoms with Gasteiger partial charge in [-0.3, -0.25) is 10.1 Å². The number of anilines is 2. The fourth-order valence-electron chi connectivity index (χ4n) is 4.04. The second-order valence-corrected chi connectivity index (χ2v) is 7.68. The molecule has 0 saturated carbocycles. The predicted octanol–water partition coefficient (Wildman–Crippen LogP) is 1.91. The summed E-state index contributed by atoms with van der Waals surface area (Å²) in [4.78, 5) is 19.5. The van der Waals surface area contributed by atoms with Gasteiger partial charge in [0.1, 0.15) is 17.7 Å². The quantitative estimate of drug-likeness (QED) is 0.422. The third-order valence-electron chi connectivity index (χ3n) is 5.80. The number of benzene rings is 1. The van der Waals surface area contributed by atoms with Crippen LogP contribution in [0.25, 0.3) is 0 Å². The van der Waals surface area contributed by atoms with Crippen LogP contribution in [0, 0.1) is 10.1 Å². The van der Waals surface area contributed by atoms with Crippen LogP contribution < -0.4 is 10.2 Å². The van der Waals surface area contributed by atoms with Crippen LogP contribution in [0.1, 0.15) is 16.7 Å².